The van der Waals surface area contributed by atoms with E-state index in [-0.39, 0.29) is 11.0 Å². The lowest BCUT2D eigenvalue weighted by atomic mass is 9.79. The van der Waals surface area contributed by atoms with Crippen LogP contribution in [0.1, 0.15) is 24.2 Å². The summed E-state index contributed by atoms with van der Waals surface area (Å²) in [4.78, 5) is 11.0. The van der Waals surface area contributed by atoms with Gasteiger partial charge in [-0.25, -0.2) is 9.18 Å². The monoisotopic (exact) mass is 228 g/mol. The minimum absolute atomic E-state index is 0.0341. The van der Waals surface area contributed by atoms with Crippen molar-refractivity contribution >= 4 is 18.6 Å². The summed E-state index contributed by atoms with van der Waals surface area (Å²) < 4.78 is 17.3. The molecular formula is C10H14BFO4. The SMILES string of the molecule is CC.COC(=O)c1cc(B(O)O)ccc1F. The number of carbonyl (C=O) groups excluding carboxylic acids is 1. The molecule has 88 valence electrons. The van der Waals surface area contributed by atoms with Gasteiger partial charge in [0.25, 0.3) is 0 Å². The molecule has 0 amide bonds. The van der Waals surface area contributed by atoms with Gasteiger partial charge in [-0.1, -0.05) is 19.9 Å². The second kappa shape index (κ2) is 6.97. The molecule has 0 saturated carbocycles. The topological polar surface area (TPSA) is 66.8 Å². The summed E-state index contributed by atoms with van der Waals surface area (Å²) in [5, 5.41) is 17.5. The van der Waals surface area contributed by atoms with E-state index in [1.54, 1.807) is 0 Å². The van der Waals surface area contributed by atoms with E-state index in [2.05, 4.69) is 4.74 Å². The van der Waals surface area contributed by atoms with E-state index in [0.717, 1.165) is 19.2 Å². The molecule has 0 aliphatic carbocycles. The number of ether oxygens (including phenoxy) is 1. The maximum atomic E-state index is 13.0. The summed E-state index contributed by atoms with van der Waals surface area (Å²) in [7, 11) is -0.622. The minimum Gasteiger partial charge on any atom is -0.465 e. The van der Waals surface area contributed by atoms with Gasteiger partial charge in [0.05, 0.1) is 12.7 Å². The maximum absolute atomic E-state index is 13.0. The molecule has 0 saturated heterocycles. The van der Waals surface area contributed by atoms with Gasteiger partial charge >= 0.3 is 13.1 Å². The van der Waals surface area contributed by atoms with Crippen molar-refractivity contribution in [3.63, 3.8) is 0 Å². The van der Waals surface area contributed by atoms with Crippen LogP contribution >= 0.6 is 0 Å². The molecule has 0 spiro atoms. The van der Waals surface area contributed by atoms with Gasteiger partial charge in [0.2, 0.25) is 0 Å². The number of esters is 1. The average molecular weight is 228 g/mol. The first-order valence-corrected chi connectivity index (χ1v) is 4.80. The van der Waals surface area contributed by atoms with Crippen LogP contribution in [-0.2, 0) is 4.74 Å². The zero-order chi connectivity index (χ0) is 12.7. The summed E-state index contributed by atoms with van der Waals surface area (Å²) in [5.74, 6) is -1.62. The summed E-state index contributed by atoms with van der Waals surface area (Å²) in [6, 6.07) is 3.18. The zero-order valence-corrected chi connectivity index (χ0v) is 9.40. The van der Waals surface area contributed by atoms with E-state index < -0.39 is 18.9 Å². The second-order valence-electron chi connectivity index (χ2n) is 2.60. The number of rotatable bonds is 2. The van der Waals surface area contributed by atoms with Gasteiger partial charge in [0.15, 0.2) is 0 Å². The minimum atomic E-state index is -1.74. The van der Waals surface area contributed by atoms with Gasteiger partial charge in [-0.15, -0.1) is 0 Å². The van der Waals surface area contributed by atoms with Gasteiger partial charge in [0.1, 0.15) is 5.82 Å². The molecule has 0 atom stereocenters. The molecule has 4 nitrogen and oxygen atoms in total. The summed E-state index contributed by atoms with van der Waals surface area (Å²) in [5.41, 5.74) is -0.287. The predicted octanol–water partition coefficient (Wildman–Crippen LogP) is 0.318. The molecule has 0 aromatic heterocycles. The maximum Gasteiger partial charge on any atom is 0.488 e. The number of hydrogen-bond donors (Lipinski definition) is 2. The third-order valence-corrected chi connectivity index (χ3v) is 1.69. The zero-order valence-electron chi connectivity index (χ0n) is 9.40. The molecule has 0 bridgehead atoms. The van der Waals surface area contributed by atoms with Crippen molar-refractivity contribution in [1.82, 2.24) is 0 Å². The van der Waals surface area contributed by atoms with Crippen LogP contribution in [0, 0.1) is 5.82 Å². The fourth-order valence-electron chi connectivity index (χ4n) is 0.970. The standard InChI is InChI=1S/C8H8BFO4.C2H6/c1-14-8(11)6-4-5(9(12)13)2-3-7(6)10;1-2/h2-4,12-13H,1H3;1-2H3. The van der Waals surface area contributed by atoms with Crippen LogP contribution < -0.4 is 5.46 Å². The van der Waals surface area contributed by atoms with Crippen molar-refractivity contribution < 1.29 is 24.0 Å². The van der Waals surface area contributed by atoms with Crippen LogP contribution in [0.3, 0.4) is 0 Å². The summed E-state index contributed by atoms with van der Waals surface area (Å²) >= 11 is 0. The highest BCUT2D eigenvalue weighted by molar-refractivity contribution is 6.58. The number of halogens is 1. The smallest absolute Gasteiger partial charge is 0.465 e. The average Bonchev–Trinajstić information content (AvgIpc) is 2.31. The molecule has 0 radical (unpaired) electrons. The first kappa shape index (κ1) is 14.6. The van der Waals surface area contributed by atoms with Crippen LogP contribution in [0.4, 0.5) is 4.39 Å². The van der Waals surface area contributed by atoms with Gasteiger partial charge in [-0.3, -0.25) is 0 Å². The first-order valence-electron chi connectivity index (χ1n) is 4.80. The predicted molar refractivity (Wildman–Crippen MR) is 58.9 cm³/mol. The molecule has 1 aromatic rings. The van der Waals surface area contributed by atoms with Crippen LogP contribution in [0.2, 0.25) is 0 Å². The van der Waals surface area contributed by atoms with Gasteiger partial charge in [0, 0.05) is 0 Å². The number of carbonyl (C=O) groups is 1. The molecule has 0 aliphatic rings. The van der Waals surface area contributed by atoms with E-state index in [1.165, 1.54) is 6.07 Å². The Labute approximate surface area is 93.8 Å². The lowest BCUT2D eigenvalue weighted by Gasteiger charge is -2.03. The van der Waals surface area contributed by atoms with E-state index in [0.29, 0.717) is 0 Å². The molecule has 16 heavy (non-hydrogen) atoms. The molecule has 0 heterocycles. The second-order valence-corrected chi connectivity index (χ2v) is 2.60. The molecular weight excluding hydrogens is 214 g/mol. The number of hydrogen-bond acceptors (Lipinski definition) is 4. The van der Waals surface area contributed by atoms with Crippen molar-refractivity contribution in [2.45, 2.75) is 13.8 Å². The third-order valence-electron chi connectivity index (χ3n) is 1.69. The highest BCUT2D eigenvalue weighted by Gasteiger charge is 2.17. The first-order chi connectivity index (χ1) is 7.56. The Hall–Kier alpha value is -1.40. The number of benzene rings is 1. The largest absolute Gasteiger partial charge is 0.488 e. The highest BCUT2D eigenvalue weighted by atomic mass is 19.1. The lowest BCUT2D eigenvalue weighted by molar-refractivity contribution is 0.0595. The van der Waals surface area contributed by atoms with Gasteiger partial charge < -0.3 is 14.8 Å². The molecule has 0 aliphatic heterocycles. The summed E-state index contributed by atoms with van der Waals surface area (Å²) in [6.07, 6.45) is 0. The molecule has 2 N–H and O–H groups in total. The van der Waals surface area contributed by atoms with Gasteiger partial charge in [-0.2, -0.15) is 0 Å². The number of methoxy groups -OCH3 is 1. The Morgan fingerprint density at radius 1 is 1.38 bits per heavy atom. The van der Waals surface area contributed by atoms with Gasteiger partial charge in [-0.05, 0) is 17.6 Å². The van der Waals surface area contributed by atoms with Crippen LogP contribution in [-0.4, -0.2) is 30.2 Å². The Bertz CT molecular complexity index is 355. The van der Waals surface area contributed by atoms with Crippen LogP contribution in [0.15, 0.2) is 18.2 Å². The third kappa shape index (κ3) is 3.64. The molecule has 1 aromatic carbocycles. The summed E-state index contributed by atoms with van der Waals surface area (Å²) in [6.45, 7) is 4.00. The molecule has 0 fully saturated rings. The molecule has 1 rings (SSSR count). The fourth-order valence-corrected chi connectivity index (χ4v) is 0.970. The van der Waals surface area contributed by atoms with E-state index in [4.69, 9.17) is 10.0 Å². The lowest BCUT2D eigenvalue weighted by Crippen LogP contribution is -2.30. The highest BCUT2D eigenvalue weighted by Crippen LogP contribution is 2.06. The van der Waals surface area contributed by atoms with E-state index in [9.17, 15) is 9.18 Å². The van der Waals surface area contributed by atoms with Crippen molar-refractivity contribution in [1.29, 1.82) is 0 Å². The fraction of sp³-hybridized carbons (Fsp3) is 0.300. The van der Waals surface area contributed by atoms with Crippen molar-refractivity contribution in [2.75, 3.05) is 7.11 Å². The Morgan fingerprint density at radius 3 is 2.38 bits per heavy atom. The quantitative estimate of drug-likeness (QED) is 0.565. The Kier molecular flexibility index (Phi) is 6.37. The van der Waals surface area contributed by atoms with E-state index in [1.807, 2.05) is 13.8 Å². The van der Waals surface area contributed by atoms with E-state index >= 15 is 0 Å². The molecule has 0 unspecified atom stereocenters. The van der Waals surface area contributed by atoms with Crippen molar-refractivity contribution in [3.05, 3.63) is 29.6 Å². The van der Waals surface area contributed by atoms with Crippen LogP contribution in [0.25, 0.3) is 0 Å². The normalized spacial score (nSPS) is 8.88. The molecule has 6 heteroatoms. The Balaban J connectivity index is 0.00000106. The van der Waals surface area contributed by atoms with Crippen molar-refractivity contribution in [2.24, 2.45) is 0 Å². The Morgan fingerprint density at radius 2 is 1.94 bits per heavy atom. The van der Waals surface area contributed by atoms with Crippen LogP contribution in [0.5, 0.6) is 0 Å². The van der Waals surface area contributed by atoms with Crippen molar-refractivity contribution in [3.8, 4) is 0 Å².